The van der Waals surface area contributed by atoms with Crippen LogP contribution in [0.4, 0.5) is 0 Å². The normalized spacial score (nSPS) is 10.7. The van der Waals surface area contributed by atoms with Crippen LogP contribution in [-0.4, -0.2) is 43.0 Å². The van der Waals surface area contributed by atoms with Gasteiger partial charge in [0.1, 0.15) is 0 Å². The molecule has 0 aliphatic carbocycles. The summed E-state index contributed by atoms with van der Waals surface area (Å²) in [6.45, 7) is 1.58. The van der Waals surface area contributed by atoms with E-state index >= 15 is 0 Å². The molecule has 1 aromatic carbocycles. The molecule has 0 radical (unpaired) electrons. The van der Waals surface area contributed by atoms with Gasteiger partial charge in [0, 0.05) is 38.6 Å². The number of hydrogen-bond donors (Lipinski definition) is 1. The van der Waals surface area contributed by atoms with E-state index in [0.717, 1.165) is 25.0 Å². The zero-order valence-corrected chi connectivity index (χ0v) is 12.1. The number of rotatable bonds is 6. The van der Waals surface area contributed by atoms with Gasteiger partial charge in [-0.25, -0.2) is 0 Å². The van der Waals surface area contributed by atoms with Crippen molar-refractivity contribution < 1.29 is 4.79 Å². The zero-order chi connectivity index (χ0) is 14.4. The fourth-order valence-corrected chi connectivity index (χ4v) is 2.14. The number of nitrogens with one attached hydrogen (secondary N) is 1. The number of fused-ring (bicyclic) bond motifs is 1. The predicted molar refractivity (Wildman–Crippen MR) is 81.6 cm³/mol. The van der Waals surface area contributed by atoms with E-state index in [4.69, 9.17) is 0 Å². The molecule has 0 aliphatic rings. The third-order valence-corrected chi connectivity index (χ3v) is 3.30. The molecular formula is C16H21N3O. The summed E-state index contributed by atoms with van der Waals surface area (Å²) in [5.74, 6) is 0.157. The first-order valence-corrected chi connectivity index (χ1v) is 6.92. The van der Waals surface area contributed by atoms with Crippen molar-refractivity contribution in [1.82, 2.24) is 15.2 Å². The Labute approximate surface area is 119 Å². The summed E-state index contributed by atoms with van der Waals surface area (Å²) < 4.78 is 0. The highest BCUT2D eigenvalue weighted by molar-refractivity contribution is 5.81. The maximum absolute atomic E-state index is 11.4. The summed E-state index contributed by atoms with van der Waals surface area (Å²) in [6, 6.07) is 10.3. The second-order valence-corrected chi connectivity index (χ2v) is 5.03. The highest BCUT2D eigenvalue weighted by Crippen LogP contribution is 2.15. The van der Waals surface area contributed by atoms with Crippen molar-refractivity contribution in [2.24, 2.45) is 0 Å². The lowest BCUT2D eigenvalue weighted by molar-refractivity contribution is -0.128. The van der Waals surface area contributed by atoms with Gasteiger partial charge in [0.25, 0.3) is 0 Å². The Kier molecular flexibility index (Phi) is 5.07. The number of amides is 1. The molecule has 4 nitrogen and oxygen atoms in total. The Morgan fingerprint density at radius 2 is 2.00 bits per heavy atom. The summed E-state index contributed by atoms with van der Waals surface area (Å²) in [5.41, 5.74) is 2.32. The number of hydrogen-bond acceptors (Lipinski definition) is 3. The summed E-state index contributed by atoms with van der Waals surface area (Å²) in [6.07, 6.45) is 3.29. The van der Waals surface area contributed by atoms with Crippen LogP contribution in [-0.2, 0) is 11.2 Å². The Morgan fingerprint density at radius 1 is 1.20 bits per heavy atom. The van der Waals surface area contributed by atoms with E-state index in [-0.39, 0.29) is 5.91 Å². The molecule has 0 atom stereocenters. The molecule has 106 valence electrons. The van der Waals surface area contributed by atoms with Crippen LogP contribution >= 0.6 is 0 Å². The Hall–Kier alpha value is -1.94. The number of pyridine rings is 1. The topological polar surface area (TPSA) is 45.2 Å². The van der Waals surface area contributed by atoms with Gasteiger partial charge in [-0.3, -0.25) is 9.78 Å². The van der Waals surface area contributed by atoms with E-state index in [2.05, 4.69) is 34.6 Å². The smallest absolute Gasteiger partial charge is 0.223 e. The van der Waals surface area contributed by atoms with Crippen molar-refractivity contribution >= 4 is 16.8 Å². The third kappa shape index (κ3) is 3.78. The highest BCUT2D eigenvalue weighted by atomic mass is 16.2. The molecule has 1 aromatic heterocycles. The fourth-order valence-electron chi connectivity index (χ4n) is 2.14. The molecule has 0 bridgehead atoms. The lowest BCUT2D eigenvalue weighted by atomic mass is 10.1. The number of carbonyl (C=O) groups is 1. The highest BCUT2D eigenvalue weighted by Gasteiger charge is 2.03. The quantitative estimate of drug-likeness (QED) is 0.816. The zero-order valence-electron chi connectivity index (χ0n) is 12.1. The van der Waals surface area contributed by atoms with E-state index in [1.165, 1.54) is 10.9 Å². The van der Waals surface area contributed by atoms with Crippen molar-refractivity contribution in [2.75, 3.05) is 27.2 Å². The molecule has 2 rings (SSSR count). The fraction of sp³-hybridized carbons (Fsp3) is 0.375. The maximum atomic E-state index is 11.4. The van der Waals surface area contributed by atoms with Crippen LogP contribution in [0, 0.1) is 0 Å². The summed E-state index contributed by atoms with van der Waals surface area (Å²) in [5, 5.41) is 4.48. The first-order valence-electron chi connectivity index (χ1n) is 6.92. The minimum absolute atomic E-state index is 0.157. The molecule has 2 aromatic rings. The standard InChI is InChI=1S/C16H21N3O/c1-19(2)15(20)9-12-17-11-8-14-6-3-5-13-7-4-10-18-16(13)14/h3-7,10,17H,8-9,11-12H2,1-2H3. The van der Waals surface area contributed by atoms with Gasteiger partial charge in [0.15, 0.2) is 0 Å². The van der Waals surface area contributed by atoms with Gasteiger partial charge in [0.05, 0.1) is 5.52 Å². The predicted octanol–water partition coefficient (Wildman–Crippen LogP) is 1.85. The van der Waals surface area contributed by atoms with E-state index in [1.54, 1.807) is 19.0 Å². The SMILES string of the molecule is CN(C)C(=O)CCNCCc1cccc2cccnc12. The summed E-state index contributed by atoms with van der Waals surface area (Å²) in [4.78, 5) is 17.5. The van der Waals surface area contributed by atoms with Crippen LogP contribution in [0.5, 0.6) is 0 Å². The van der Waals surface area contributed by atoms with Crippen LogP contribution in [0.1, 0.15) is 12.0 Å². The van der Waals surface area contributed by atoms with Gasteiger partial charge in [-0.15, -0.1) is 0 Å². The monoisotopic (exact) mass is 271 g/mol. The summed E-state index contributed by atoms with van der Waals surface area (Å²) >= 11 is 0. The average molecular weight is 271 g/mol. The molecule has 0 saturated heterocycles. The average Bonchev–Trinajstić information content (AvgIpc) is 2.46. The van der Waals surface area contributed by atoms with Crippen molar-refractivity contribution in [3.8, 4) is 0 Å². The molecule has 0 saturated carbocycles. The van der Waals surface area contributed by atoms with Gasteiger partial charge >= 0.3 is 0 Å². The number of carbonyl (C=O) groups excluding carboxylic acids is 1. The van der Waals surface area contributed by atoms with Gasteiger partial charge < -0.3 is 10.2 Å². The minimum Gasteiger partial charge on any atom is -0.349 e. The van der Waals surface area contributed by atoms with E-state index in [9.17, 15) is 4.79 Å². The Morgan fingerprint density at radius 3 is 2.80 bits per heavy atom. The molecule has 0 spiro atoms. The summed E-state index contributed by atoms with van der Waals surface area (Å²) in [7, 11) is 3.56. The molecule has 0 fully saturated rings. The van der Waals surface area contributed by atoms with Crippen LogP contribution < -0.4 is 5.32 Å². The number of aromatic nitrogens is 1. The Bertz CT molecular complexity index is 575. The van der Waals surface area contributed by atoms with Gasteiger partial charge in [0.2, 0.25) is 5.91 Å². The maximum Gasteiger partial charge on any atom is 0.223 e. The minimum atomic E-state index is 0.157. The number of nitrogens with zero attached hydrogens (tertiary/aromatic N) is 2. The van der Waals surface area contributed by atoms with Gasteiger partial charge in [-0.2, -0.15) is 0 Å². The lowest BCUT2D eigenvalue weighted by Crippen LogP contribution is -2.27. The van der Waals surface area contributed by atoms with Gasteiger partial charge in [-0.1, -0.05) is 24.3 Å². The Balaban J connectivity index is 1.83. The molecular weight excluding hydrogens is 250 g/mol. The van der Waals surface area contributed by atoms with E-state index in [1.807, 2.05) is 12.3 Å². The van der Waals surface area contributed by atoms with Crippen LogP contribution in [0.15, 0.2) is 36.5 Å². The van der Waals surface area contributed by atoms with Crippen LogP contribution in [0.2, 0.25) is 0 Å². The molecule has 1 heterocycles. The van der Waals surface area contributed by atoms with Crippen LogP contribution in [0.3, 0.4) is 0 Å². The molecule has 1 N–H and O–H groups in total. The number of para-hydroxylation sites is 1. The van der Waals surface area contributed by atoms with Crippen molar-refractivity contribution in [3.05, 3.63) is 42.1 Å². The van der Waals surface area contributed by atoms with Crippen molar-refractivity contribution in [1.29, 1.82) is 0 Å². The van der Waals surface area contributed by atoms with Crippen molar-refractivity contribution in [2.45, 2.75) is 12.8 Å². The second-order valence-electron chi connectivity index (χ2n) is 5.03. The number of benzene rings is 1. The molecule has 0 aliphatic heterocycles. The lowest BCUT2D eigenvalue weighted by Gasteiger charge is -2.10. The molecule has 0 unspecified atom stereocenters. The first-order chi connectivity index (χ1) is 9.68. The van der Waals surface area contributed by atoms with Gasteiger partial charge in [-0.05, 0) is 24.6 Å². The molecule has 4 heteroatoms. The molecule has 20 heavy (non-hydrogen) atoms. The van der Waals surface area contributed by atoms with Crippen LogP contribution in [0.25, 0.3) is 10.9 Å². The van der Waals surface area contributed by atoms with Crippen molar-refractivity contribution in [3.63, 3.8) is 0 Å². The third-order valence-electron chi connectivity index (χ3n) is 3.30. The largest absolute Gasteiger partial charge is 0.349 e. The second kappa shape index (κ2) is 7.01. The molecule has 1 amide bonds. The first kappa shape index (κ1) is 14.5. The van der Waals surface area contributed by atoms with E-state index < -0.39 is 0 Å². The van der Waals surface area contributed by atoms with E-state index in [0.29, 0.717) is 6.42 Å².